The maximum atomic E-state index is 5.86. The van der Waals surface area contributed by atoms with Gasteiger partial charge in [0.15, 0.2) is 5.65 Å². The number of hydrogen-bond acceptors (Lipinski definition) is 3. The van der Waals surface area contributed by atoms with E-state index in [0.29, 0.717) is 5.65 Å². The van der Waals surface area contributed by atoms with Crippen LogP contribution in [-0.4, -0.2) is 15.0 Å². The summed E-state index contributed by atoms with van der Waals surface area (Å²) in [4.78, 5) is 11.6. The monoisotopic (exact) mass is 254 g/mol. The van der Waals surface area contributed by atoms with Gasteiger partial charge in [0.05, 0.1) is 11.6 Å². The van der Waals surface area contributed by atoms with Gasteiger partial charge in [-0.15, -0.1) is 0 Å². The Bertz CT molecular complexity index is 451. The van der Waals surface area contributed by atoms with E-state index in [1.807, 2.05) is 13.0 Å². The first-order valence-electron chi connectivity index (χ1n) is 4.47. The molecular weight excluding hydrogens is 244 g/mol. The molecule has 74 valence electrons. The highest BCUT2D eigenvalue weighted by molar-refractivity contribution is 9.10. The van der Waals surface area contributed by atoms with Crippen molar-refractivity contribution in [2.75, 3.05) is 0 Å². The molecule has 0 aromatic carbocycles. The summed E-state index contributed by atoms with van der Waals surface area (Å²) in [6, 6.07) is 1.91. The van der Waals surface area contributed by atoms with Gasteiger partial charge in [-0.1, -0.05) is 6.92 Å². The fraction of sp³-hybridized carbons (Fsp3) is 0.333. The summed E-state index contributed by atoms with van der Waals surface area (Å²) in [5.74, 6) is 0.799. The highest BCUT2D eigenvalue weighted by atomic mass is 79.9. The predicted molar refractivity (Wildman–Crippen MR) is 58.8 cm³/mol. The van der Waals surface area contributed by atoms with Crippen molar-refractivity contribution in [1.29, 1.82) is 0 Å². The number of nitrogens with one attached hydrogen (secondary N) is 1. The van der Waals surface area contributed by atoms with E-state index in [1.165, 1.54) is 0 Å². The van der Waals surface area contributed by atoms with Crippen molar-refractivity contribution < 1.29 is 0 Å². The molecule has 1 atom stereocenters. The van der Waals surface area contributed by atoms with Crippen LogP contribution in [0.25, 0.3) is 11.2 Å². The van der Waals surface area contributed by atoms with Crippen LogP contribution in [0, 0.1) is 0 Å². The quantitative estimate of drug-likeness (QED) is 0.863. The summed E-state index contributed by atoms with van der Waals surface area (Å²) in [6.45, 7) is 2.03. The Morgan fingerprint density at radius 2 is 2.43 bits per heavy atom. The highest BCUT2D eigenvalue weighted by Gasteiger charge is 2.09. The van der Waals surface area contributed by atoms with Crippen molar-refractivity contribution in [2.45, 2.75) is 19.4 Å². The molecule has 2 aromatic heterocycles. The van der Waals surface area contributed by atoms with Gasteiger partial charge in [0.2, 0.25) is 0 Å². The van der Waals surface area contributed by atoms with Crippen LogP contribution in [-0.2, 0) is 0 Å². The first kappa shape index (κ1) is 9.61. The Morgan fingerprint density at radius 3 is 3.14 bits per heavy atom. The number of nitrogens with two attached hydrogens (primary N) is 1. The SMILES string of the molecule is CCC(N)c1nc2ncc(Br)cc2[nH]1. The van der Waals surface area contributed by atoms with Crippen molar-refractivity contribution in [1.82, 2.24) is 15.0 Å². The maximum Gasteiger partial charge on any atom is 0.177 e. The molecule has 14 heavy (non-hydrogen) atoms. The second-order valence-electron chi connectivity index (χ2n) is 3.16. The van der Waals surface area contributed by atoms with Crippen molar-refractivity contribution in [2.24, 2.45) is 5.73 Å². The Morgan fingerprint density at radius 1 is 1.64 bits per heavy atom. The standard InChI is InChI=1S/C9H11BrN4/c1-2-6(11)8-13-7-3-5(10)4-12-9(7)14-8/h3-4,6H,2,11H2,1H3,(H,12,13,14). The zero-order chi connectivity index (χ0) is 10.1. The van der Waals surface area contributed by atoms with Gasteiger partial charge in [0.25, 0.3) is 0 Å². The third-order valence-corrected chi connectivity index (χ3v) is 2.55. The fourth-order valence-electron chi connectivity index (χ4n) is 1.26. The van der Waals surface area contributed by atoms with E-state index < -0.39 is 0 Å². The summed E-state index contributed by atoms with van der Waals surface area (Å²) >= 11 is 3.35. The average molecular weight is 255 g/mol. The fourth-order valence-corrected chi connectivity index (χ4v) is 1.59. The average Bonchev–Trinajstić information content (AvgIpc) is 2.59. The zero-order valence-electron chi connectivity index (χ0n) is 7.79. The molecule has 2 rings (SSSR count). The zero-order valence-corrected chi connectivity index (χ0v) is 9.37. The third-order valence-electron chi connectivity index (χ3n) is 2.11. The molecule has 5 heteroatoms. The first-order chi connectivity index (χ1) is 6.70. The summed E-state index contributed by atoms with van der Waals surface area (Å²) < 4.78 is 0.935. The third kappa shape index (κ3) is 1.65. The molecule has 2 heterocycles. The topological polar surface area (TPSA) is 67.6 Å². The Labute approximate surface area is 90.1 Å². The number of imidazole rings is 1. The summed E-state index contributed by atoms with van der Waals surface area (Å²) in [5, 5.41) is 0. The van der Waals surface area contributed by atoms with Crippen LogP contribution in [0.4, 0.5) is 0 Å². The van der Waals surface area contributed by atoms with E-state index in [2.05, 4.69) is 30.9 Å². The van der Waals surface area contributed by atoms with Gasteiger partial charge >= 0.3 is 0 Å². The Kier molecular flexibility index (Phi) is 2.52. The van der Waals surface area contributed by atoms with Crippen LogP contribution >= 0.6 is 15.9 Å². The van der Waals surface area contributed by atoms with E-state index in [9.17, 15) is 0 Å². The lowest BCUT2D eigenvalue weighted by Gasteiger charge is -2.01. The lowest BCUT2D eigenvalue weighted by molar-refractivity contribution is 0.660. The van der Waals surface area contributed by atoms with E-state index >= 15 is 0 Å². The molecule has 0 bridgehead atoms. The van der Waals surface area contributed by atoms with Gasteiger partial charge in [-0.2, -0.15) is 0 Å². The summed E-state index contributed by atoms with van der Waals surface area (Å²) in [5.41, 5.74) is 7.49. The molecule has 0 amide bonds. The largest absolute Gasteiger partial charge is 0.339 e. The molecule has 0 spiro atoms. The van der Waals surface area contributed by atoms with Crippen LogP contribution < -0.4 is 5.73 Å². The highest BCUT2D eigenvalue weighted by Crippen LogP contribution is 2.18. The molecule has 2 aromatic rings. The minimum atomic E-state index is -0.0389. The van der Waals surface area contributed by atoms with E-state index in [0.717, 1.165) is 22.2 Å². The van der Waals surface area contributed by atoms with Crippen molar-refractivity contribution in [3.63, 3.8) is 0 Å². The maximum absolute atomic E-state index is 5.86. The van der Waals surface area contributed by atoms with Crippen LogP contribution in [0.1, 0.15) is 25.2 Å². The molecule has 3 N–H and O–H groups in total. The molecule has 1 unspecified atom stereocenters. The van der Waals surface area contributed by atoms with Gasteiger partial charge in [0, 0.05) is 10.7 Å². The summed E-state index contributed by atoms with van der Waals surface area (Å²) in [7, 11) is 0. The number of aromatic nitrogens is 3. The van der Waals surface area contributed by atoms with Crippen LogP contribution in [0.2, 0.25) is 0 Å². The van der Waals surface area contributed by atoms with Crippen molar-refractivity contribution in [3.8, 4) is 0 Å². The second-order valence-corrected chi connectivity index (χ2v) is 4.08. The molecular formula is C9H11BrN4. The lowest BCUT2D eigenvalue weighted by Crippen LogP contribution is -2.10. The number of rotatable bonds is 2. The van der Waals surface area contributed by atoms with E-state index in [4.69, 9.17) is 5.73 Å². The van der Waals surface area contributed by atoms with Gasteiger partial charge in [-0.25, -0.2) is 9.97 Å². The first-order valence-corrected chi connectivity index (χ1v) is 5.26. The minimum absolute atomic E-state index is 0.0389. The Balaban J connectivity index is 2.51. The second kappa shape index (κ2) is 3.67. The van der Waals surface area contributed by atoms with Crippen LogP contribution in [0.15, 0.2) is 16.7 Å². The number of aromatic amines is 1. The smallest absolute Gasteiger partial charge is 0.177 e. The number of hydrogen-bond donors (Lipinski definition) is 2. The van der Waals surface area contributed by atoms with Gasteiger partial charge in [-0.3, -0.25) is 0 Å². The van der Waals surface area contributed by atoms with Crippen LogP contribution in [0.3, 0.4) is 0 Å². The molecule has 0 aliphatic heterocycles. The number of halogens is 1. The van der Waals surface area contributed by atoms with Crippen molar-refractivity contribution in [3.05, 3.63) is 22.6 Å². The number of nitrogens with zero attached hydrogens (tertiary/aromatic N) is 2. The van der Waals surface area contributed by atoms with Gasteiger partial charge < -0.3 is 10.7 Å². The van der Waals surface area contributed by atoms with Crippen LogP contribution in [0.5, 0.6) is 0 Å². The van der Waals surface area contributed by atoms with Crippen molar-refractivity contribution >= 4 is 27.1 Å². The lowest BCUT2D eigenvalue weighted by atomic mass is 10.2. The number of pyridine rings is 1. The van der Waals surface area contributed by atoms with Gasteiger partial charge in [-0.05, 0) is 28.4 Å². The normalized spacial score (nSPS) is 13.4. The minimum Gasteiger partial charge on any atom is -0.339 e. The van der Waals surface area contributed by atoms with E-state index in [-0.39, 0.29) is 6.04 Å². The molecule has 0 fully saturated rings. The predicted octanol–water partition coefficient (Wildman–Crippen LogP) is 2.13. The molecule has 0 saturated carbocycles. The Hall–Kier alpha value is -0.940. The van der Waals surface area contributed by atoms with E-state index in [1.54, 1.807) is 6.20 Å². The molecule has 0 aliphatic carbocycles. The van der Waals surface area contributed by atoms with Gasteiger partial charge in [0.1, 0.15) is 5.82 Å². The molecule has 0 aliphatic rings. The number of H-pyrrole nitrogens is 1. The molecule has 4 nitrogen and oxygen atoms in total. The number of fused-ring (bicyclic) bond motifs is 1. The molecule has 0 saturated heterocycles. The molecule has 0 radical (unpaired) electrons. The summed E-state index contributed by atoms with van der Waals surface area (Å²) in [6.07, 6.45) is 2.59.